The summed E-state index contributed by atoms with van der Waals surface area (Å²) >= 11 is 0. The molecule has 3 rings (SSSR count). The fourth-order valence-electron chi connectivity index (χ4n) is 2.14. The number of halogens is 1. The second kappa shape index (κ2) is 5.24. The van der Waals surface area contributed by atoms with E-state index in [0.717, 1.165) is 17.7 Å². The maximum atomic E-state index is 5.94. The van der Waals surface area contributed by atoms with Crippen molar-refractivity contribution in [2.75, 3.05) is 5.73 Å². The summed E-state index contributed by atoms with van der Waals surface area (Å²) in [7, 11) is 1.95. The molecular weight excluding hydrogens is 262 g/mol. The molecule has 2 heterocycles. The summed E-state index contributed by atoms with van der Waals surface area (Å²) in [6, 6.07) is 10.2. The standard InChI is InChI=1S/C13H14N5.ClH/c1-17-9-18(7-10-5-3-2-4-6-10)11-12(14)15-8-16-13(11)17;/h2-6,8-9H,7H2,1H3,(H2,14,15,16);1H/q+1;/p-1. The van der Waals surface area contributed by atoms with Gasteiger partial charge in [-0.25, -0.2) is 4.57 Å². The minimum absolute atomic E-state index is 0. The van der Waals surface area contributed by atoms with Crippen LogP contribution in [0, 0.1) is 0 Å². The van der Waals surface area contributed by atoms with Gasteiger partial charge in [0.15, 0.2) is 18.5 Å². The van der Waals surface area contributed by atoms with E-state index >= 15 is 0 Å². The molecule has 0 saturated heterocycles. The number of imidazole rings is 1. The van der Waals surface area contributed by atoms with Crippen LogP contribution in [-0.4, -0.2) is 14.5 Å². The van der Waals surface area contributed by atoms with Gasteiger partial charge in [0.2, 0.25) is 5.52 Å². The summed E-state index contributed by atoms with van der Waals surface area (Å²) in [5.41, 5.74) is 8.88. The highest BCUT2D eigenvalue weighted by atomic mass is 35.5. The molecule has 5 nitrogen and oxygen atoms in total. The Kier molecular flexibility index (Phi) is 3.66. The van der Waals surface area contributed by atoms with E-state index in [1.54, 1.807) is 0 Å². The van der Waals surface area contributed by atoms with Crippen molar-refractivity contribution in [1.29, 1.82) is 0 Å². The first-order chi connectivity index (χ1) is 8.75. The summed E-state index contributed by atoms with van der Waals surface area (Å²) in [5, 5.41) is 0. The zero-order valence-corrected chi connectivity index (χ0v) is 11.2. The molecule has 0 aliphatic rings. The Hall–Kier alpha value is -2.14. The monoisotopic (exact) mass is 275 g/mol. The Labute approximate surface area is 117 Å². The molecule has 1 aromatic carbocycles. The maximum absolute atomic E-state index is 5.94. The van der Waals surface area contributed by atoms with Crippen LogP contribution in [0.2, 0.25) is 0 Å². The van der Waals surface area contributed by atoms with Gasteiger partial charge in [0.1, 0.15) is 0 Å². The SMILES string of the molecule is C[n+]1cn(Cc2ccccc2)c2c(N)ncnc21.[Cl-]. The van der Waals surface area contributed by atoms with Crippen LogP contribution in [0.25, 0.3) is 11.2 Å². The zero-order valence-electron chi connectivity index (χ0n) is 10.5. The lowest BCUT2D eigenvalue weighted by Crippen LogP contribution is -3.00. The van der Waals surface area contributed by atoms with E-state index in [2.05, 4.69) is 26.7 Å². The molecule has 0 atom stereocenters. The topological polar surface area (TPSA) is 60.6 Å². The summed E-state index contributed by atoms with van der Waals surface area (Å²) < 4.78 is 4.02. The molecule has 0 amide bonds. The average molecular weight is 276 g/mol. The first-order valence-corrected chi connectivity index (χ1v) is 5.74. The van der Waals surface area contributed by atoms with E-state index in [1.807, 2.05) is 36.1 Å². The van der Waals surface area contributed by atoms with Crippen LogP contribution in [0.4, 0.5) is 5.82 Å². The van der Waals surface area contributed by atoms with E-state index < -0.39 is 0 Å². The second-order valence-corrected chi connectivity index (χ2v) is 4.27. The van der Waals surface area contributed by atoms with Gasteiger partial charge in [0.05, 0.1) is 13.6 Å². The van der Waals surface area contributed by atoms with Crippen molar-refractivity contribution in [3.63, 3.8) is 0 Å². The third-order valence-corrected chi connectivity index (χ3v) is 2.96. The van der Waals surface area contributed by atoms with E-state index in [4.69, 9.17) is 5.73 Å². The first-order valence-electron chi connectivity index (χ1n) is 5.74. The Morgan fingerprint density at radius 3 is 2.68 bits per heavy atom. The van der Waals surface area contributed by atoms with Gasteiger partial charge >= 0.3 is 5.65 Å². The number of aromatic nitrogens is 4. The van der Waals surface area contributed by atoms with Crippen molar-refractivity contribution in [3.05, 3.63) is 48.5 Å². The van der Waals surface area contributed by atoms with Gasteiger partial charge < -0.3 is 18.1 Å². The Morgan fingerprint density at radius 2 is 1.95 bits per heavy atom. The van der Waals surface area contributed by atoms with Crippen LogP contribution >= 0.6 is 0 Å². The van der Waals surface area contributed by atoms with Gasteiger partial charge in [-0.1, -0.05) is 35.3 Å². The highest BCUT2D eigenvalue weighted by molar-refractivity contribution is 5.79. The van der Waals surface area contributed by atoms with Gasteiger partial charge in [-0.05, 0) is 5.56 Å². The van der Waals surface area contributed by atoms with Crippen LogP contribution in [-0.2, 0) is 13.6 Å². The third kappa shape index (κ3) is 2.37. The van der Waals surface area contributed by atoms with E-state index in [-0.39, 0.29) is 12.4 Å². The van der Waals surface area contributed by atoms with Crippen molar-refractivity contribution in [2.45, 2.75) is 6.54 Å². The molecule has 0 saturated carbocycles. The van der Waals surface area contributed by atoms with Crippen LogP contribution in [0.1, 0.15) is 5.56 Å². The molecule has 0 aliphatic heterocycles. The molecule has 0 radical (unpaired) electrons. The fraction of sp³-hybridized carbons (Fsp3) is 0.154. The van der Waals surface area contributed by atoms with Crippen molar-refractivity contribution in [3.8, 4) is 0 Å². The number of anilines is 1. The first kappa shape index (κ1) is 13.3. The summed E-state index contributed by atoms with van der Waals surface area (Å²) in [6.07, 6.45) is 3.48. The number of rotatable bonds is 2. The lowest BCUT2D eigenvalue weighted by atomic mass is 10.2. The molecule has 0 bridgehead atoms. The molecule has 19 heavy (non-hydrogen) atoms. The predicted molar refractivity (Wildman–Crippen MR) is 68.7 cm³/mol. The van der Waals surface area contributed by atoms with Gasteiger partial charge in [-0.3, -0.25) is 4.57 Å². The normalized spacial score (nSPS) is 10.4. The van der Waals surface area contributed by atoms with Crippen LogP contribution in [0.3, 0.4) is 0 Å². The molecule has 2 aromatic heterocycles. The predicted octanol–water partition coefficient (Wildman–Crippen LogP) is -2.11. The molecule has 6 heteroatoms. The minimum atomic E-state index is 0. The Balaban J connectivity index is 0.00000133. The molecule has 0 fully saturated rings. The summed E-state index contributed by atoms with van der Waals surface area (Å²) in [5.74, 6) is 0.511. The second-order valence-electron chi connectivity index (χ2n) is 4.27. The molecule has 98 valence electrons. The van der Waals surface area contributed by atoms with Gasteiger partial charge in [0, 0.05) is 0 Å². The van der Waals surface area contributed by atoms with Gasteiger partial charge in [-0.15, -0.1) is 0 Å². The van der Waals surface area contributed by atoms with Gasteiger partial charge in [0.25, 0.3) is 0 Å². The number of nitrogens with zero attached hydrogens (tertiary/aromatic N) is 4. The quantitative estimate of drug-likeness (QED) is 0.545. The van der Waals surface area contributed by atoms with Crippen LogP contribution in [0.15, 0.2) is 43.0 Å². The smallest absolute Gasteiger partial charge is 0.307 e. The lowest BCUT2D eigenvalue weighted by Gasteiger charge is -2.00. The fourth-order valence-corrected chi connectivity index (χ4v) is 2.14. The zero-order chi connectivity index (χ0) is 12.5. The maximum Gasteiger partial charge on any atom is 0.307 e. The van der Waals surface area contributed by atoms with Crippen molar-refractivity contribution < 1.29 is 17.0 Å². The van der Waals surface area contributed by atoms with Gasteiger partial charge in [-0.2, -0.15) is 4.98 Å². The largest absolute Gasteiger partial charge is 1.00 e. The number of nitrogen functional groups attached to an aromatic ring is 1. The lowest BCUT2D eigenvalue weighted by molar-refractivity contribution is -0.647. The van der Waals surface area contributed by atoms with E-state index in [9.17, 15) is 0 Å². The van der Waals surface area contributed by atoms with Crippen molar-refractivity contribution in [2.24, 2.45) is 7.05 Å². The third-order valence-electron chi connectivity index (χ3n) is 2.96. The number of benzene rings is 1. The minimum Gasteiger partial charge on any atom is -1.00 e. The molecular formula is C13H14ClN5. The van der Waals surface area contributed by atoms with Crippen LogP contribution in [0.5, 0.6) is 0 Å². The number of fused-ring (bicyclic) bond motifs is 1. The molecule has 0 aliphatic carbocycles. The van der Waals surface area contributed by atoms with E-state index in [1.165, 1.54) is 11.9 Å². The summed E-state index contributed by atoms with van der Waals surface area (Å²) in [4.78, 5) is 8.31. The highest BCUT2D eigenvalue weighted by Crippen LogP contribution is 2.15. The molecule has 3 aromatic rings. The number of hydrogen-bond acceptors (Lipinski definition) is 3. The summed E-state index contributed by atoms with van der Waals surface area (Å²) in [6.45, 7) is 0.760. The van der Waals surface area contributed by atoms with Crippen molar-refractivity contribution >= 4 is 17.0 Å². The number of aryl methyl sites for hydroxylation is 1. The number of hydrogen-bond donors (Lipinski definition) is 1. The average Bonchev–Trinajstić information content (AvgIpc) is 2.69. The van der Waals surface area contributed by atoms with Crippen molar-refractivity contribution in [1.82, 2.24) is 14.5 Å². The molecule has 2 N–H and O–H groups in total. The Morgan fingerprint density at radius 1 is 1.21 bits per heavy atom. The molecule has 0 unspecified atom stereocenters. The number of nitrogens with two attached hydrogens (primary N) is 1. The molecule has 0 spiro atoms. The highest BCUT2D eigenvalue weighted by Gasteiger charge is 2.17. The Bertz CT molecular complexity index is 693. The van der Waals surface area contributed by atoms with Crippen LogP contribution < -0.4 is 22.7 Å². The van der Waals surface area contributed by atoms with E-state index in [0.29, 0.717) is 5.82 Å².